The molecule has 2 rings (SSSR count). The molecule has 2 aromatic rings. The molecule has 1 unspecified atom stereocenters. The average molecular weight is 315 g/mol. The SMILES string of the molecule is C#CCNC(=O)c1c(C)n(C)n(C(C)c2ccc(F)cc2)c1=O. The molecular weight excluding hydrogens is 297 g/mol. The lowest BCUT2D eigenvalue weighted by molar-refractivity contribution is 0.0957. The molecular formula is C17H18FN3O2. The van der Waals surface area contributed by atoms with Gasteiger partial charge in [0.25, 0.3) is 11.5 Å². The monoisotopic (exact) mass is 315 g/mol. The maximum Gasteiger partial charge on any atom is 0.280 e. The summed E-state index contributed by atoms with van der Waals surface area (Å²) in [5, 5.41) is 2.51. The highest BCUT2D eigenvalue weighted by molar-refractivity contribution is 5.95. The fourth-order valence-corrected chi connectivity index (χ4v) is 2.53. The van der Waals surface area contributed by atoms with Gasteiger partial charge in [-0.25, -0.2) is 9.07 Å². The Balaban J connectivity index is 2.48. The fraction of sp³-hybridized carbons (Fsp3) is 0.294. The van der Waals surface area contributed by atoms with Gasteiger partial charge in [0.05, 0.1) is 12.6 Å². The van der Waals surface area contributed by atoms with Crippen LogP contribution in [0.5, 0.6) is 0 Å². The highest BCUT2D eigenvalue weighted by atomic mass is 19.1. The quantitative estimate of drug-likeness (QED) is 0.872. The Morgan fingerprint density at radius 3 is 2.57 bits per heavy atom. The number of halogens is 1. The topological polar surface area (TPSA) is 56.0 Å². The second kappa shape index (κ2) is 6.53. The van der Waals surface area contributed by atoms with Crippen molar-refractivity contribution in [1.29, 1.82) is 0 Å². The van der Waals surface area contributed by atoms with Crippen LogP contribution in [0.4, 0.5) is 4.39 Å². The Morgan fingerprint density at radius 1 is 1.39 bits per heavy atom. The Labute approximate surface area is 133 Å². The number of aromatic nitrogens is 2. The lowest BCUT2D eigenvalue weighted by atomic mass is 10.1. The third kappa shape index (κ3) is 3.04. The molecule has 5 nitrogen and oxygen atoms in total. The van der Waals surface area contributed by atoms with Crippen LogP contribution in [0.2, 0.25) is 0 Å². The van der Waals surface area contributed by atoms with Gasteiger partial charge in [-0.05, 0) is 31.5 Å². The van der Waals surface area contributed by atoms with Crippen LogP contribution in [0, 0.1) is 25.1 Å². The Bertz CT molecular complexity index is 825. The van der Waals surface area contributed by atoms with Crippen molar-refractivity contribution in [2.75, 3.05) is 6.54 Å². The first-order valence-corrected chi connectivity index (χ1v) is 7.13. The maximum atomic E-state index is 13.1. The Morgan fingerprint density at radius 2 is 2.00 bits per heavy atom. The number of nitrogens with one attached hydrogen (secondary N) is 1. The maximum absolute atomic E-state index is 13.1. The molecule has 1 aromatic carbocycles. The van der Waals surface area contributed by atoms with Gasteiger partial charge < -0.3 is 5.32 Å². The van der Waals surface area contributed by atoms with Crippen molar-refractivity contribution in [3.63, 3.8) is 0 Å². The zero-order valence-corrected chi connectivity index (χ0v) is 13.3. The van der Waals surface area contributed by atoms with Crippen molar-refractivity contribution in [1.82, 2.24) is 14.7 Å². The molecule has 6 heteroatoms. The number of rotatable bonds is 4. The highest BCUT2D eigenvalue weighted by Gasteiger charge is 2.24. The van der Waals surface area contributed by atoms with E-state index < -0.39 is 11.5 Å². The predicted octanol–water partition coefficient (Wildman–Crippen LogP) is 1.61. The van der Waals surface area contributed by atoms with Gasteiger partial charge in [0, 0.05) is 12.7 Å². The molecule has 23 heavy (non-hydrogen) atoms. The van der Waals surface area contributed by atoms with E-state index in [0.717, 1.165) is 5.56 Å². The van der Waals surface area contributed by atoms with E-state index in [9.17, 15) is 14.0 Å². The van der Waals surface area contributed by atoms with Crippen LogP contribution in [-0.2, 0) is 7.05 Å². The van der Waals surface area contributed by atoms with Crippen LogP contribution < -0.4 is 10.9 Å². The number of hydrogen-bond donors (Lipinski definition) is 1. The van der Waals surface area contributed by atoms with Crippen molar-refractivity contribution in [3.05, 3.63) is 57.3 Å². The summed E-state index contributed by atoms with van der Waals surface area (Å²) in [4.78, 5) is 24.8. The summed E-state index contributed by atoms with van der Waals surface area (Å²) in [7, 11) is 1.70. The van der Waals surface area contributed by atoms with Crippen LogP contribution in [0.15, 0.2) is 29.1 Å². The van der Waals surface area contributed by atoms with E-state index >= 15 is 0 Å². The first-order chi connectivity index (χ1) is 10.9. The molecule has 1 amide bonds. The summed E-state index contributed by atoms with van der Waals surface area (Å²) < 4.78 is 16.2. The van der Waals surface area contributed by atoms with E-state index in [4.69, 9.17) is 6.42 Å². The number of hydrogen-bond acceptors (Lipinski definition) is 2. The predicted molar refractivity (Wildman–Crippen MR) is 85.8 cm³/mol. The molecule has 1 N–H and O–H groups in total. The van der Waals surface area contributed by atoms with Crippen LogP contribution in [0.3, 0.4) is 0 Å². The first kappa shape index (κ1) is 16.6. The van der Waals surface area contributed by atoms with Crippen LogP contribution >= 0.6 is 0 Å². The molecule has 0 spiro atoms. The molecule has 0 radical (unpaired) electrons. The molecule has 120 valence electrons. The van der Waals surface area contributed by atoms with E-state index in [0.29, 0.717) is 5.69 Å². The minimum absolute atomic E-state index is 0.0557. The van der Waals surface area contributed by atoms with Gasteiger partial charge in [0.2, 0.25) is 0 Å². The molecule has 1 aromatic heterocycles. The standard InChI is InChI=1S/C17H18FN3O2/c1-5-10-19-16(22)15-12(3)20(4)21(17(15)23)11(2)13-6-8-14(18)9-7-13/h1,6-9,11H,10H2,2-4H3,(H,19,22). The summed E-state index contributed by atoms with van der Waals surface area (Å²) in [5.74, 6) is 1.46. The van der Waals surface area contributed by atoms with Crippen LogP contribution in [-0.4, -0.2) is 21.8 Å². The van der Waals surface area contributed by atoms with Crippen molar-refractivity contribution in [2.45, 2.75) is 19.9 Å². The van der Waals surface area contributed by atoms with Gasteiger partial charge in [0.15, 0.2) is 0 Å². The zero-order chi connectivity index (χ0) is 17.1. The second-order valence-electron chi connectivity index (χ2n) is 5.25. The Hall–Kier alpha value is -2.81. The summed E-state index contributed by atoms with van der Waals surface area (Å²) in [6.45, 7) is 3.57. The molecule has 1 heterocycles. The summed E-state index contributed by atoms with van der Waals surface area (Å²) >= 11 is 0. The molecule has 1 atom stereocenters. The van der Waals surface area contributed by atoms with Crippen molar-refractivity contribution in [3.8, 4) is 12.3 Å². The molecule has 0 saturated carbocycles. The summed E-state index contributed by atoms with van der Waals surface area (Å²) in [5.41, 5.74) is 0.969. The fourth-order valence-electron chi connectivity index (χ4n) is 2.53. The molecule has 0 bridgehead atoms. The van der Waals surface area contributed by atoms with Gasteiger partial charge >= 0.3 is 0 Å². The third-order valence-corrected chi connectivity index (χ3v) is 3.89. The lowest BCUT2D eigenvalue weighted by Crippen LogP contribution is -2.32. The first-order valence-electron chi connectivity index (χ1n) is 7.13. The van der Waals surface area contributed by atoms with Crippen LogP contribution in [0.1, 0.15) is 34.6 Å². The molecule has 0 aliphatic heterocycles. The molecule has 0 aliphatic rings. The van der Waals surface area contributed by atoms with Gasteiger partial charge in [-0.2, -0.15) is 0 Å². The van der Waals surface area contributed by atoms with E-state index in [1.807, 2.05) is 6.92 Å². The van der Waals surface area contributed by atoms with Gasteiger partial charge in [-0.3, -0.25) is 14.3 Å². The summed E-state index contributed by atoms with van der Waals surface area (Å²) in [6, 6.07) is 5.57. The highest BCUT2D eigenvalue weighted by Crippen LogP contribution is 2.18. The largest absolute Gasteiger partial charge is 0.341 e. The van der Waals surface area contributed by atoms with Gasteiger partial charge in [0.1, 0.15) is 11.4 Å². The van der Waals surface area contributed by atoms with Gasteiger partial charge in [-0.15, -0.1) is 6.42 Å². The third-order valence-electron chi connectivity index (χ3n) is 3.89. The number of amides is 1. The normalized spacial score (nSPS) is 11.8. The van der Waals surface area contributed by atoms with E-state index in [-0.39, 0.29) is 24.0 Å². The minimum Gasteiger partial charge on any atom is -0.341 e. The average Bonchev–Trinajstić information content (AvgIpc) is 2.75. The van der Waals surface area contributed by atoms with E-state index in [1.54, 1.807) is 30.8 Å². The second-order valence-corrected chi connectivity index (χ2v) is 5.25. The minimum atomic E-state index is -0.494. The van der Waals surface area contributed by atoms with Crippen molar-refractivity contribution < 1.29 is 9.18 Å². The number of benzene rings is 1. The van der Waals surface area contributed by atoms with Crippen molar-refractivity contribution in [2.24, 2.45) is 7.05 Å². The lowest BCUT2D eigenvalue weighted by Gasteiger charge is -2.17. The number of carbonyl (C=O) groups excluding carboxylic acids is 1. The molecule has 0 fully saturated rings. The summed E-state index contributed by atoms with van der Waals surface area (Å²) in [6.07, 6.45) is 5.12. The smallest absolute Gasteiger partial charge is 0.280 e. The van der Waals surface area contributed by atoms with Crippen LogP contribution in [0.25, 0.3) is 0 Å². The van der Waals surface area contributed by atoms with E-state index in [2.05, 4.69) is 11.2 Å². The number of carbonyl (C=O) groups is 1. The Kier molecular flexibility index (Phi) is 4.70. The molecule has 0 aliphatic carbocycles. The number of terminal acetylenes is 1. The zero-order valence-electron chi connectivity index (χ0n) is 13.3. The van der Waals surface area contributed by atoms with E-state index in [1.165, 1.54) is 16.8 Å². The molecule has 0 saturated heterocycles. The van der Waals surface area contributed by atoms with Crippen molar-refractivity contribution >= 4 is 5.91 Å². The number of nitrogens with zero attached hydrogens (tertiary/aromatic N) is 2. The van der Waals surface area contributed by atoms with Gasteiger partial charge in [-0.1, -0.05) is 18.1 Å².